The zero-order valence-corrected chi connectivity index (χ0v) is 20.5. The molecule has 0 radical (unpaired) electrons. The van der Waals surface area contributed by atoms with Crippen molar-refractivity contribution >= 4 is 34.1 Å². The summed E-state index contributed by atoms with van der Waals surface area (Å²) in [5, 5.41) is 5.15. The Morgan fingerprint density at radius 1 is 0.914 bits per heavy atom. The van der Waals surface area contributed by atoms with E-state index in [-0.39, 0.29) is 11.8 Å². The van der Waals surface area contributed by atoms with Crippen LogP contribution in [0.5, 0.6) is 0 Å². The van der Waals surface area contributed by atoms with E-state index in [1.807, 2.05) is 24.3 Å². The average Bonchev–Trinajstić information content (AvgIpc) is 3.68. The Labute approximate surface area is 211 Å². The van der Waals surface area contributed by atoms with Gasteiger partial charge < -0.3 is 9.88 Å². The summed E-state index contributed by atoms with van der Waals surface area (Å²) in [6.07, 6.45) is 6.60. The molecule has 5 heteroatoms. The van der Waals surface area contributed by atoms with Gasteiger partial charge in [-0.15, -0.1) is 0 Å². The van der Waals surface area contributed by atoms with Crippen molar-refractivity contribution in [2.24, 2.45) is 5.92 Å². The average molecular weight is 484 g/mol. The number of anilines is 1. The first-order valence-corrected chi connectivity index (χ1v) is 13.0. The lowest BCUT2D eigenvalue weighted by Crippen LogP contribution is -2.32. The van der Waals surface area contributed by atoms with Crippen LogP contribution in [0.2, 0.25) is 5.02 Å². The Morgan fingerprint density at radius 2 is 1.71 bits per heavy atom. The number of para-hydroxylation sites is 1. The van der Waals surface area contributed by atoms with Gasteiger partial charge in [-0.3, -0.25) is 9.69 Å². The van der Waals surface area contributed by atoms with Crippen molar-refractivity contribution in [1.82, 2.24) is 9.47 Å². The lowest BCUT2D eigenvalue weighted by Gasteiger charge is -2.32. The van der Waals surface area contributed by atoms with E-state index < -0.39 is 0 Å². The number of piperidine rings is 1. The molecule has 1 N–H and O–H groups in total. The van der Waals surface area contributed by atoms with Crippen LogP contribution in [0.15, 0.2) is 79.0 Å². The smallest absolute Gasteiger partial charge is 0.227 e. The molecule has 1 amide bonds. The second-order valence-electron chi connectivity index (χ2n) is 9.96. The number of hydrogen-bond donors (Lipinski definition) is 1. The van der Waals surface area contributed by atoms with E-state index in [0.717, 1.165) is 61.7 Å². The number of carbonyl (C=O) groups is 1. The fourth-order valence-electron chi connectivity index (χ4n) is 5.34. The van der Waals surface area contributed by atoms with Crippen LogP contribution >= 0.6 is 11.6 Å². The van der Waals surface area contributed by atoms with Crippen molar-refractivity contribution in [3.63, 3.8) is 0 Å². The molecule has 4 aromatic rings. The maximum atomic E-state index is 12.2. The maximum Gasteiger partial charge on any atom is 0.227 e. The van der Waals surface area contributed by atoms with Gasteiger partial charge in [-0.1, -0.05) is 48.0 Å². The predicted octanol–water partition coefficient (Wildman–Crippen LogP) is 7.01. The first-order valence-electron chi connectivity index (χ1n) is 12.6. The number of nitrogens with zero attached hydrogens (tertiary/aromatic N) is 2. The first-order chi connectivity index (χ1) is 17.1. The van der Waals surface area contributed by atoms with Gasteiger partial charge in [0.25, 0.3) is 0 Å². The standard InChI is InChI=1S/C30H30ClN3O/c31-25-6-4-8-27(18-25)34-20-24(28-9-1-2-10-29(28)34)19-33-15-13-21(14-16-33)23-5-3-7-26(17-23)32-30(35)22-11-12-22/h1-10,17-18,20-22H,11-16,19H2,(H,32,35). The second-order valence-corrected chi connectivity index (χ2v) is 10.4. The van der Waals surface area contributed by atoms with Crippen molar-refractivity contribution in [3.8, 4) is 5.69 Å². The summed E-state index contributed by atoms with van der Waals surface area (Å²) < 4.78 is 2.25. The molecule has 6 rings (SSSR count). The van der Waals surface area contributed by atoms with Crippen LogP contribution < -0.4 is 5.32 Å². The third-order valence-corrected chi connectivity index (χ3v) is 7.67. The zero-order chi connectivity index (χ0) is 23.8. The predicted molar refractivity (Wildman–Crippen MR) is 143 cm³/mol. The number of benzene rings is 3. The highest BCUT2D eigenvalue weighted by molar-refractivity contribution is 6.30. The molecule has 2 fully saturated rings. The molecule has 0 spiro atoms. The normalized spacial score (nSPS) is 17.1. The number of nitrogens with one attached hydrogen (secondary N) is 1. The SMILES string of the molecule is O=C(Nc1cccc(C2CCN(Cc3cn(-c4cccc(Cl)c4)c4ccccc34)CC2)c1)C1CC1. The number of halogens is 1. The lowest BCUT2D eigenvalue weighted by molar-refractivity contribution is -0.117. The van der Waals surface area contributed by atoms with Gasteiger partial charge >= 0.3 is 0 Å². The number of amides is 1. The summed E-state index contributed by atoms with van der Waals surface area (Å²) in [5.74, 6) is 0.942. The van der Waals surface area contributed by atoms with Gasteiger partial charge in [0.15, 0.2) is 0 Å². The summed E-state index contributed by atoms with van der Waals surface area (Å²) in [6.45, 7) is 3.08. The van der Waals surface area contributed by atoms with Crippen LogP contribution in [0.25, 0.3) is 16.6 Å². The molecular weight excluding hydrogens is 454 g/mol. The van der Waals surface area contributed by atoms with Crippen LogP contribution in [-0.4, -0.2) is 28.5 Å². The molecule has 0 atom stereocenters. The van der Waals surface area contributed by atoms with E-state index in [1.165, 1.54) is 22.0 Å². The summed E-state index contributed by atoms with van der Waals surface area (Å²) >= 11 is 6.28. The molecular formula is C30H30ClN3O. The lowest BCUT2D eigenvalue weighted by atomic mass is 9.89. The number of likely N-dealkylation sites (tertiary alicyclic amines) is 1. The van der Waals surface area contributed by atoms with Crippen molar-refractivity contribution in [1.29, 1.82) is 0 Å². The minimum Gasteiger partial charge on any atom is -0.326 e. The third-order valence-electron chi connectivity index (χ3n) is 7.44. The molecule has 1 saturated carbocycles. The molecule has 35 heavy (non-hydrogen) atoms. The third kappa shape index (κ3) is 4.86. The van der Waals surface area contributed by atoms with E-state index in [2.05, 4.69) is 69.5 Å². The molecule has 1 aromatic heterocycles. The molecule has 1 aliphatic carbocycles. The van der Waals surface area contributed by atoms with Gasteiger partial charge in [0.05, 0.1) is 5.52 Å². The van der Waals surface area contributed by atoms with Gasteiger partial charge in [0.2, 0.25) is 5.91 Å². The molecule has 3 aromatic carbocycles. The minimum atomic E-state index is 0.175. The fraction of sp³-hybridized carbons (Fsp3) is 0.300. The van der Waals surface area contributed by atoms with Crippen molar-refractivity contribution in [2.75, 3.05) is 18.4 Å². The zero-order valence-electron chi connectivity index (χ0n) is 19.8. The Morgan fingerprint density at radius 3 is 2.51 bits per heavy atom. The Balaban J connectivity index is 1.15. The van der Waals surface area contributed by atoms with Crippen molar-refractivity contribution in [3.05, 3.63) is 95.1 Å². The molecule has 0 unspecified atom stereocenters. The largest absolute Gasteiger partial charge is 0.326 e. The summed E-state index contributed by atoms with van der Waals surface area (Å²) in [5.41, 5.74) is 5.94. The monoisotopic (exact) mass is 483 g/mol. The molecule has 2 aliphatic rings. The fourth-order valence-corrected chi connectivity index (χ4v) is 5.53. The quantitative estimate of drug-likeness (QED) is 0.320. The van der Waals surface area contributed by atoms with Crippen molar-refractivity contribution in [2.45, 2.75) is 38.1 Å². The topological polar surface area (TPSA) is 37.3 Å². The molecule has 0 bridgehead atoms. The highest BCUT2D eigenvalue weighted by Gasteiger charge is 2.29. The summed E-state index contributed by atoms with van der Waals surface area (Å²) in [6, 6.07) is 25.1. The van der Waals surface area contributed by atoms with Crippen LogP contribution in [-0.2, 0) is 11.3 Å². The maximum absolute atomic E-state index is 12.2. The van der Waals surface area contributed by atoms with E-state index >= 15 is 0 Å². The first kappa shape index (κ1) is 22.4. The Bertz CT molecular complexity index is 1370. The molecule has 1 saturated heterocycles. The van der Waals surface area contributed by atoms with E-state index in [4.69, 9.17) is 11.6 Å². The van der Waals surface area contributed by atoms with Crippen LogP contribution in [0, 0.1) is 5.92 Å². The second kappa shape index (κ2) is 9.52. The van der Waals surface area contributed by atoms with E-state index in [9.17, 15) is 4.79 Å². The minimum absolute atomic E-state index is 0.175. The van der Waals surface area contributed by atoms with Crippen LogP contribution in [0.3, 0.4) is 0 Å². The molecule has 178 valence electrons. The van der Waals surface area contributed by atoms with Gasteiger partial charge in [0, 0.05) is 40.4 Å². The van der Waals surface area contributed by atoms with Crippen LogP contribution in [0.4, 0.5) is 5.69 Å². The number of fused-ring (bicyclic) bond motifs is 1. The highest BCUT2D eigenvalue weighted by Crippen LogP contribution is 2.33. The van der Waals surface area contributed by atoms with E-state index in [1.54, 1.807) is 0 Å². The summed E-state index contributed by atoms with van der Waals surface area (Å²) in [7, 11) is 0. The van der Waals surface area contributed by atoms with Gasteiger partial charge in [-0.2, -0.15) is 0 Å². The number of aromatic nitrogens is 1. The van der Waals surface area contributed by atoms with Crippen molar-refractivity contribution < 1.29 is 4.79 Å². The Hall–Kier alpha value is -3.08. The van der Waals surface area contributed by atoms with Crippen LogP contribution in [0.1, 0.15) is 42.7 Å². The molecule has 1 aliphatic heterocycles. The highest BCUT2D eigenvalue weighted by atomic mass is 35.5. The molecule has 2 heterocycles. The number of hydrogen-bond acceptors (Lipinski definition) is 2. The number of rotatable bonds is 6. The van der Waals surface area contributed by atoms with E-state index in [0.29, 0.717) is 5.92 Å². The van der Waals surface area contributed by atoms with Gasteiger partial charge in [-0.25, -0.2) is 0 Å². The molecule has 4 nitrogen and oxygen atoms in total. The number of carbonyl (C=O) groups excluding carboxylic acids is 1. The van der Waals surface area contributed by atoms with Gasteiger partial charge in [-0.05, 0) is 92.2 Å². The Kier molecular flexibility index (Phi) is 6.09. The van der Waals surface area contributed by atoms with Gasteiger partial charge in [0.1, 0.15) is 0 Å². The summed E-state index contributed by atoms with van der Waals surface area (Å²) in [4.78, 5) is 14.7.